The number of halogens is 1. The van der Waals surface area contributed by atoms with E-state index in [9.17, 15) is 0 Å². The van der Waals surface area contributed by atoms with Gasteiger partial charge in [0, 0.05) is 6.92 Å². The number of hydrogen-bond acceptors (Lipinski definition) is 2. The predicted molar refractivity (Wildman–Crippen MR) is 43.1 cm³/mol. The lowest BCUT2D eigenvalue weighted by Crippen LogP contribution is -2.01. The first kappa shape index (κ1) is 8.95. The minimum atomic E-state index is 0.157. The summed E-state index contributed by atoms with van der Waals surface area (Å²) >= 11 is 3.28. The molecular formula is C6H12BrNO. The van der Waals surface area contributed by atoms with Crippen molar-refractivity contribution >= 4 is 21.8 Å². The average molecular weight is 194 g/mol. The van der Waals surface area contributed by atoms with Crippen LogP contribution in [0.2, 0.25) is 0 Å². The van der Waals surface area contributed by atoms with Crippen LogP contribution < -0.4 is 0 Å². The van der Waals surface area contributed by atoms with Crippen molar-refractivity contribution in [1.82, 2.24) is 0 Å². The summed E-state index contributed by atoms with van der Waals surface area (Å²) in [5.74, 6) is 0.738. The molecule has 0 bridgehead atoms. The Bertz CT molecular complexity index is 101. The third kappa shape index (κ3) is 5.83. The van der Waals surface area contributed by atoms with Crippen LogP contribution in [0, 0.1) is 0 Å². The molecule has 0 amide bonds. The van der Waals surface area contributed by atoms with Crippen LogP contribution >= 0.6 is 15.9 Å². The van der Waals surface area contributed by atoms with Gasteiger partial charge in [-0.3, -0.25) is 0 Å². The topological polar surface area (TPSA) is 21.6 Å². The summed E-state index contributed by atoms with van der Waals surface area (Å²) < 4.78 is 5.07. The molecule has 0 aliphatic rings. The highest BCUT2D eigenvalue weighted by Crippen LogP contribution is 1.99. The molecule has 1 unspecified atom stereocenters. The van der Waals surface area contributed by atoms with Crippen molar-refractivity contribution in [3.05, 3.63) is 0 Å². The second kappa shape index (κ2) is 4.79. The molecule has 0 aliphatic heterocycles. The Hall–Kier alpha value is -0.0500. The van der Waals surface area contributed by atoms with Crippen molar-refractivity contribution in [1.29, 1.82) is 0 Å². The Morgan fingerprint density at radius 1 is 1.78 bits per heavy atom. The summed E-state index contributed by atoms with van der Waals surface area (Å²) in [6.07, 6.45) is 0. The Labute approximate surface area is 64.4 Å². The van der Waals surface area contributed by atoms with Gasteiger partial charge in [-0.1, -0.05) is 15.9 Å². The zero-order valence-corrected chi connectivity index (χ0v) is 7.60. The molecule has 0 radical (unpaired) electrons. The minimum absolute atomic E-state index is 0.157. The van der Waals surface area contributed by atoms with Gasteiger partial charge in [0.05, 0.1) is 6.61 Å². The highest BCUT2D eigenvalue weighted by atomic mass is 79.9. The number of hydrogen-bond donors (Lipinski definition) is 0. The maximum atomic E-state index is 5.07. The quantitative estimate of drug-likeness (QED) is 0.285. The molecule has 2 nitrogen and oxygen atoms in total. The van der Waals surface area contributed by atoms with E-state index in [-0.39, 0.29) is 4.95 Å². The summed E-state index contributed by atoms with van der Waals surface area (Å²) in [5.41, 5.74) is 0. The Balaban J connectivity index is 3.55. The van der Waals surface area contributed by atoms with Crippen molar-refractivity contribution in [3.63, 3.8) is 0 Å². The van der Waals surface area contributed by atoms with Crippen LogP contribution in [0.3, 0.4) is 0 Å². The third-order valence-electron chi connectivity index (χ3n) is 0.713. The molecule has 0 heterocycles. The number of ether oxygens (including phenoxy) is 1. The zero-order valence-electron chi connectivity index (χ0n) is 6.02. The van der Waals surface area contributed by atoms with E-state index in [1.165, 1.54) is 0 Å². The molecule has 54 valence electrons. The molecule has 1 atom stereocenters. The van der Waals surface area contributed by atoms with E-state index in [4.69, 9.17) is 4.74 Å². The first-order valence-electron chi connectivity index (χ1n) is 2.98. The van der Waals surface area contributed by atoms with Gasteiger partial charge in [0.15, 0.2) is 5.90 Å². The third-order valence-corrected chi connectivity index (χ3v) is 0.918. The monoisotopic (exact) mass is 193 g/mol. The molecule has 0 N–H and O–H groups in total. The van der Waals surface area contributed by atoms with Gasteiger partial charge >= 0.3 is 0 Å². The SMILES string of the molecule is CCOC(C)=NC(C)Br. The van der Waals surface area contributed by atoms with E-state index >= 15 is 0 Å². The highest BCUT2D eigenvalue weighted by Gasteiger charge is 1.91. The lowest BCUT2D eigenvalue weighted by atomic mass is 10.7. The van der Waals surface area contributed by atoms with Gasteiger partial charge in [-0.05, 0) is 13.8 Å². The Kier molecular flexibility index (Phi) is 4.77. The van der Waals surface area contributed by atoms with Crippen molar-refractivity contribution in [2.45, 2.75) is 25.7 Å². The summed E-state index contributed by atoms with van der Waals surface area (Å²) in [5, 5.41) is 0. The predicted octanol–water partition coefficient (Wildman–Crippen LogP) is 2.18. The van der Waals surface area contributed by atoms with Crippen LogP contribution in [0.4, 0.5) is 0 Å². The second-order valence-electron chi connectivity index (χ2n) is 1.66. The van der Waals surface area contributed by atoms with Gasteiger partial charge in [-0.15, -0.1) is 0 Å². The largest absolute Gasteiger partial charge is 0.481 e. The molecule has 0 aliphatic carbocycles. The average Bonchev–Trinajstić information content (AvgIpc) is 1.63. The standard InChI is InChI=1S/C6H12BrNO/c1-4-9-6(3)8-5(2)7/h5H,4H2,1-3H3. The lowest BCUT2D eigenvalue weighted by molar-refractivity contribution is 0.323. The molecule has 9 heavy (non-hydrogen) atoms. The molecule has 0 aromatic carbocycles. The summed E-state index contributed by atoms with van der Waals surface area (Å²) in [4.78, 5) is 4.23. The smallest absolute Gasteiger partial charge is 0.181 e. The van der Waals surface area contributed by atoms with Crippen LogP contribution in [-0.4, -0.2) is 17.5 Å². The normalized spacial score (nSPS) is 15.3. The summed E-state index contributed by atoms with van der Waals surface area (Å²) in [6.45, 7) is 6.43. The number of nitrogens with zero attached hydrogens (tertiary/aromatic N) is 1. The lowest BCUT2D eigenvalue weighted by Gasteiger charge is -2.01. The highest BCUT2D eigenvalue weighted by molar-refractivity contribution is 9.09. The summed E-state index contributed by atoms with van der Waals surface area (Å²) in [7, 11) is 0. The van der Waals surface area contributed by atoms with Crippen LogP contribution in [0.15, 0.2) is 4.99 Å². The van der Waals surface area contributed by atoms with E-state index in [0.29, 0.717) is 6.61 Å². The van der Waals surface area contributed by atoms with Crippen molar-refractivity contribution in [3.8, 4) is 0 Å². The number of aliphatic imine (C=N–C) groups is 1. The van der Waals surface area contributed by atoms with Gasteiger partial charge in [0.2, 0.25) is 0 Å². The molecule has 0 fully saturated rings. The van der Waals surface area contributed by atoms with E-state index < -0.39 is 0 Å². The fourth-order valence-corrected chi connectivity index (χ4v) is 0.785. The van der Waals surface area contributed by atoms with Crippen molar-refractivity contribution in [2.75, 3.05) is 6.61 Å². The Morgan fingerprint density at radius 2 is 2.33 bits per heavy atom. The fourth-order valence-electron chi connectivity index (χ4n) is 0.497. The van der Waals surface area contributed by atoms with E-state index in [1.807, 2.05) is 20.8 Å². The van der Waals surface area contributed by atoms with E-state index in [0.717, 1.165) is 5.90 Å². The van der Waals surface area contributed by atoms with Crippen LogP contribution in [0.25, 0.3) is 0 Å². The molecule has 0 aromatic heterocycles. The Morgan fingerprint density at radius 3 is 2.67 bits per heavy atom. The first-order valence-corrected chi connectivity index (χ1v) is 3.89. The fraction of sp³-hybridized carbons (Fsp3) is 0.833. The van der Waals surface area contributed by atoms with E-state index in [2.05, 4.69) is 20.9 Å². The van der Waals surface area contributed by atoms with Crippen molar-refractivity contribution in [2.24, 2.45) is 4.99 Å². The van der Waals surface area contributed by atoms with Gasteiger partial charge in [-0.25, -0.2) is 4.99 Å². The zero-order chi connectivity index (χ0) is 7.28. The molecule has 0 saturated carbocycles. The van der Waals surface area contributed by atoms with Crippen molar-refractivity contribution < 1.29 is 4.74 Å². The molecule has 0 aromatic rings. The molecular weight excluding hydrogens is 182 g/mol. The molecule has 3 heteroatoms. The van der Waals surface area contributed by atoms with Gasteiger partial charge in [0.1, 0.15) is 4.95 Å². The van der Waals surface area contributed by atoms with Gasteiger partial charge in [-0.2, -0.15) is 0 Å². The maximum absolute atomic E-state index is 5.07. The molecule has 0 saturated heterocycles. The van der Waals surface area contributed by atoms with E-state index in [1.54, 1.807) is 0 Å². The summed E-state index contributed by atoms with van der Waals surface area (Å²) in [6, 6.07) is 0. The maximum Gasteiger partial charge on any atom is 0.181 e. The van der Waals surface area contributed by atoms with Gasteiger partial charge < -0.3 is 4.74 Å². The second-order valence-corrected chi connectivity index (χ2v) is 2.98. The van der Waals surface area contributed by atoms with Crippen LogP contribution in [0.1, 0.15) is 20.8 Å². The van der Waals surface area contributed by atoms with Crippen LogP contribution in [-0.2, 0) is 4.74 Å². The minimum Gasteiger partial charge on any atom is -0.481 e. The number of rotatable bonds is 2. The number of alkyl halides is 1. The van der Waals surface area contributed by atoms with Crippen LogP contribution in [0.5, 0.6) is 0 Å². The molecule has 0 spiro atoms. The molecule has 0 rings (SSSR count). The van der Waals surface area contributed by atoms with Gasteiger partial charge in [0.25, 0.3) is 0 Å². The first-order chi connectivity index (χ1) is 4.16.